The van der Waals surface area contributed by atoms with Gasteiger partial charge in [-0.3, -0.25) is 0 Å². The first-order chi connectivity index (χ1) is 14.5. The molecule has 0 aliphatic rings. The Labute approximate surface area is 204 Å². The topological polar surface area (TPSA) is 0 Å². The minimum absolute atomic E-state index is 0.171. The summed E-state index contributed by atoms with van der Waals surface area (Å²) < 4.78 is 0. The molecule has 1 atom stereocenters. The van der Waals surface area contributed by atoms with Crippen molar-refractivity contribution in [3.63, 3.8) is 0 Å². The van der Waals surface area contributed by atoms with Crippen LogP contribution in [0.5, 0.6) is 0 Å². The SMILES string of the molecule is CC.CCCCC(CC)CSc1cc(/C=C/C(C)(C)C)c(SC)cc1C(C)(C)C(C)C. The van der Waals surface area contributed by atoms with Crippen molar-refractivity contribution in [3.05, 3.63) is 29.3 Å². The predicted molar refractivity (Wildman–Crippen MR) is 150 cm³/mol. The van der Waals surface area contributed by atoms with E-state index in [0.717, 1.165) is 5.92 Å². The third kappa shape index (κ3) is 10.4. The minimum Gasteiger partial charge on any atom is -0.129 e. The molecule has 1 aromatic carbocycles. The Morgan fingerprint density at radius 3 is 2.03 bits per heavy atom. The standard InChI is InChI=1S/C27H46S2.C2H6/c1-11-13-14-21(12-2)19-29-25-17-22(15-16-26(5,6)7)24(28-10)18-23(25)27(8,9)20(3)4;1-2/h15-18,20-21H,11-14,19H2,1-10H3;1-2H3/b16-15+;. The second-order valence-corrected chi connectivity index (χ2v) is 12.3. The fraction of sp³-hybridized carbons (Fsp3) is 0.724. The minimum atomic E-state index is 0.171. The number of benzene rings is 1. The maximum Gasteiger partial charge on any atom is 0.0145 e. The van der Waals surface area contributed by atoms with Gasteiger partial charge >= 0.3 is 0 Å². The number of allylic oxidation sites excluding steroid dienone is 1. The summed E-state index contributed by atoms with van der Waals surface area (Å²) in [6.45, 7) is 25.0. The van der Waals surface area contributed by atoms with Crippen molar-refractivity contribution < 1.29 is 0 Å². The van der Waals surface area contributed by atoms with Crippen molar-refractivity contribution >= 4 is 29.6 Å². The van der Waals surface area contributed by atoms with Gasteiger partial charge in [0.2, 0.25) is 0 Å². The molecule has 0 aliphatic heterocycles. The molecule has 0 aliphatic carbocycles. The second kappa shape index (κ2) is 14.7. The van der Waals surface area contributed by atoms with Crippen molar-refractivity contribution in [3.8, 4) is 0 Å². The Bertz CT molecular complexity index is 647. The van der Waals surface area contributed by atoms with Gasteiger partial charge in [0, 0.05) is 15.5 Å². The first kappa shape index (κ1) is 30.7. The highest BCUT2D eigenvalue weighted by Crippen LogP contribution is 2.42. The van der Waals surface area contributed by atoms with Gasteiger partial charge in [-0.2, -0.15) is 0 Å². The zero-order valence-corrected chi connectivity index (χ0v) is 24.4. The van der Waals surface area contributed by atoms with E-state index in [1.165, 1.54) is 52.4 Å². The lowest BCUT2D eigenvalue weighted by molar-refractivity contribution is 0.365. The van der Waals surface area contributed by atoms with Crippen LogP contribution in [-0.4, -0.2) is 12.0 Å². The number of hydrogen-bond donors (Lipinski definition) is 0. The van der Waals surface area contributed by atoms with Gasteiger partial charge in [-0.05, 0) is 58.6 Å². The van der Waals surface area contributed by atoms with E-state index in [0.29, 0.717) is 5.92 Å². The summed E-state index contributed by atoms with van der Waals surface area (Å²) in [7, 11) is 0. The van der Waals surface area contributed by atoms with Gasteiger partial charge in [-0.1, -0.05) is 108 Å². The van der Waals surface area contributed by atoms with Crippen LogP contribution in [0.4, 0.5) is 0 Å². The van der Waals surface area contributed by atoms with Crippen LogP contribution in [0.25, 0.3) is 6.08 Å². The first-order valence-corrected chi connectivity index (χ1v) is 14.7. The number of unbranched alkanes of at least 4 members (excludes halogenated alkanes) is 1. The lowest BCUT2D eigenvalue weighted by Gasteiger charge is -2.33. The van der Waals surface area contributed by atoms with E-state index in [2.05, 4.69) is 105 Å². The molecule has 0 spiro atoms. The van der Waals surface area contributed by atoms with E-state index in [1.54, 1.807) is 0 Å². The van der Waals surface area contributed by atoms with Crippen LogP contribution < -0.4 is 0 Å². The predicted octanol–water partition coefficient (Wildman–Crippen LogP) is 10.7. The van der Waals surface area contributed by atoms with E-state index in [-0.39, 0.29) is 10.8 Å². The molecule has 0 aromatic heterocycles. The number of hydrogen-bond acceptors (Lipinski definition) is 2. The molecule has 0 amide bonds. The monoisotopic (exact) mass is 464 g/mol. The largest absolute Gasteiger partial charge is 0.129 e. The van der Waals surface area contributed by atoms with Gasteiger partial charge in [0.15, 0.2) is 0 Å². The zero-order chi connectivity index (χ0) is 24.2. The molecule has 1 rings (SSSR count). The van der Waals surface area contributed by atoms with E-state index < -0.39 is 0 Å². The quantitative estimate of drug-likeness (QED) is 0.299. The van der Waals surface area contributed by atoms with Crippen LogP contribution in [0.3, 0.4) is 0 Å². The average molecular weight is 465 g/mol. The van der Waals surface area contributed by atoms with Crippen LogP contribution in [0.15, 0.2) is 28.0 Å². The molecule has 0 nitrogen and oxygen atoms in total. The van der Waals surface area contributed by atoms with E-state index in [4.69, 9.17) is 0 Å². The molecule has 0 radical (unpaired) electrons. The summed E-state index contributed by atoms with van der Waals surface area (Å²) in [4.78, 5) is 2.89. The lowest BCUT2D eigenvalue weighted by atomic mass is 9.75. The zero-order valence-electron chi connectivity index (χ0n) is 22.8. The van der Waals surface area contributed by atoms with Crippen LogP contribution in [0.2, 0.25) is 0 Å². The molecule has 0 fully saturated rings. The van der Waals surface area contributed by atoms with Gasteiger partial charge in [0.1, 0.15) is 0 Å². The van der Waals surface area contributed by atoms with Crippen molar-refractivity contribution in [1.82, 2.24) is 0 Å². The Hall–Kier alpha value is -0.340. The molecule has 0 heterocycles. The second-order valence-electron chi connectivity index (χ2n) is 10.4. The molecule has 0 bridgehead atoms. The molecule has 0 N–H and O–H groups in total. The van der Waals surface area contributed by atoms with Gasteiger partial charge in [-0.15, -0.1) is 23.5 Å². The van der Waals surface area contributed by atoms with E-state index in [9.17, 15) is 0 Å². The van der Waals surface area contributed by atoms with Crippen LogP contribution in [0.1, 0.15) is 113 Å². The lowest BCUT2D eigenvalue weighted by Crippen LogP contribution is -2.25. The maximum atomic E-state index is 2.49. The van der Waals surface area contributed by atoms with Crippen molar-refractivity contribution in [2.75, 3.05) is 12.0 Å². The molecule has 0 saturated heterocycles. The van der Waals surface area contributed by atoms with Gasteiger partial charge < -0.3 is 0 Å². The molecule has 180 valence electrons. The van der Waals surface area contributed by atoms with E-state index in [1.807, 2.05) is 25.6 Å². The maximum absolute atomic E-state index is 2.49. The molecule has 2 heteroatoms. The average Bonchev–Trinajstić information content (AvgIpc) is 2.72. The summed E-state index contributed by atoms with van der Waals surface area (Å²) in [6.07, 6.45) is 12.2. The van der Waals surface area contributed by atoms with Crippen molar-refractivity contribution in [2.24, 2.45) is 17.3 Å². The van der Waals surface area contributed by atoms with E-state index >= 15 is 0 Å². The van der Waals surface area contributed by atoms with Crippen molar-refractivity contribution in [1.29, 1.82) is 0 Å². The van der Waals surface area contributed by atoms with Gasteiger partial charge in [-0.25, -0.2) is 0 Å². The van der Waals surface area contributed by atoms with Crippen LogP contribution in [0, 0.1) is 17.3 Å². The highest BCUT2D eigenvalue weighted by atomic mass is 32.2. The summed E-state index contributed by atoms with van der Waals surface area (Å²) >= 11 is 3.97. The highest BCUT2D eigenvalue weighted by molar-refractivity contribution is 7.99. The molecular formula is C29H52S2. The smallest absolute Gasteiger partial charge is 0.0145 e. The third-order valence-corrected chi connectivity index (χ3v) is 8.33. The fourth-order valence-corrected chi connectivity index (χ4v) is 5.37. The third-order valence-electron chi connectivity index (χ3n) is 6.25. The molecule has 0 saturated carbocycles. The van der Waals surface area contributed by atoms with Crippen LogP contribution in [-0.2, 0) is 5.41 Å². The fourth-order valence-electron chi connectivity index (χ4n) is 3.26. The molecule has 31 heavy (non-hydrogen) atoms. The normalized spacial score (nSPS) is 13.5. The van der Waals surface area contributed by atoms with Crippen LogP contribution >= 0.6 is 23.5 Å². The first-order valence-electron chi connectivity index (χ1n) is 12.5. The van der Waals surface area contributed by atoms with Crippen molar-refractivity contribution in [2.45, 2.75) is 117 Å². The molecule has 1 unspecified atom stereocenters. The number of rotatable bonds is 11. The van der Waals surface area contributed by atoms with Gasteiger partial charge in [0.25, 0.3) is 0 Å². The summed E-state index contributed by atoms with van der Waals surface area (Å²) in [6, 6.07) is 4.97. The summed E-state index contributed by atoms with van der Waals surface area (Å²) in [5.41, 5.74) is 3.27. The Kier molecular flexibility index (Phi) is 14.6. The molecule has 1 aromatic rings. The number of thioether (sulfide) groups is 2. The summed E-state index contributed by atoms with van der Waals surface area (Å²) in [5, 5.41) is 0. The molecular weight excluding hydrogens is 412 g/mol. The Morgan fingerprint density at radius 2 is 1.58 bits per heavy atom. The van der Waals surface area contributed by atoms with Gasteiger partial charge in [0.05, 0.1) is 0 Å². The summed E-state index contributed by atoms with van der Waals surface area (Å²) in [5.74, 6) is 2.66. The highest BCUT2D eigenvalue weighted by Gasteiger charge is 2.28. The Morgan fingerprint density at radius 1 is 0.968 bits per heavy atom. The Balaban J connectivity index is 0.00000436.